The van der Waals surface area contributed by atoms with Crippen LogP contribution in [0.2, 0.25) is 0 Å². The van der Waals surface area contributed by atoms with Gasteiger partial charge in [-0.2, -0.15) is 9.78 Å². The Labute approximate surface area is 90.1 Å². The second-order valence-electron chi connectivity index (χ2n) is 3.52. The summed E-state index contributed by atoms with van der Waals surface area (Å²) < 4.78 is 39.4. The summed E-state index contributed by atoms with van der Waals surface area (Å²) in [4.78, 5) is 0. The monoisotopic (exact) mass is 229 g/mol. The molecule has 0 radical (unpaired) electrons. The zero-order valence-electron chi connectivity index (χ0n) is 8.78. The third-order valence-corrected chi connectivity index (χ3v) is 2.36. The molecule has 3 nitrogen and oxygen atoms in total. The maximum absolute atomic E-state index is 12.6. The highest BCUT2D eigenvalue weighted by Crippen LogP contribution is 2.26. The Bertz CT molecular complexity index is 488. The van der Waals surface area contributed by atoms with Gasteiger partial charge < -0.3 is 4.57 Å². The molecule has 86 valence electrons. The molecule has 0 spiro atoms. The zero-order valence-corrected chi connectivity index (χ0v) is 8.78. The number of aryl methyl sites for hydroxylation is 2. The van der Waals surface area contributed by atoms with Crippen molar-refractivity contribution in [2.45, 2.75) is 20.1 Å². The smallest absolute Gasteiger partial charge is 0.303 e. The second-order valence-corrected chi connectivity index (χ2v) is 3.52. The molecule has 0 unspecified atom stereocenters. The summed E-state index contributed by atoms with van der Waals surface area (Å²) >= 11 is 0. The summed E-state index contributed by atoms with van der Waals surface area (Å²) in [5.41, 5.74) is 1.48. The highest BCUT2D eigenvalue weighted by molar-refractivity contribution is 5.31. The van der Waals surface area contributed by atoms with E-state index in [1.54, 1.807) is 26.0 Å². The number of hydrogen-bond donors (Lipinski definition) is 0. The van der Waals surface area contributed by atoms with Crippen molar-refractivity contribution in [3.8, 4) is 5.82 Å². The van der Waals surface area contributed by atoms with Gasteiger partial charge >= 0.3 is 6.30 Å². The topological polar surface area (TPSA) is 22.8 Å². The summed E-state index contributed by atoms with van der Waals surface area (Å²) in [6.07, 6.45) is -3.36. The molecule has 0 saturated heterocycles. The Morgan fingerprint density at radius 1 is 1.06 bits per heavy atom. The third-order valence-electron chi connectivity index (χ3n) is 2.36. The first-order chi connectivity index (χ1) is 7.41. The molecule has 0 aliphatic rings. The maximum Gasteiger partial charge on any atom is 0.506 e. The first-order valence-corrected chi connectivity index (χ1v) is 4.68. The predicted molar refractivity (Wildman–Crippen MR) is 52.3 cm³/mol. The minimum atomic E-state index is -4.50. The zero-order chi connectivity index (χ0) is 11.9. The van der Waals surface area contributed by atoms with Gasteiger partial charge in [-0.15, -0.1) is 13.2 Å². The molecule has 6 heteroatoms. The average molecular weight is 229 g/mol. The standard InChI is InChI=1S/C10H10F3N3/c1-7-3-4-8(2)15(7)9-5-6-14-16(9)10(11,12)13/h3-6H,1-2H3. The van der Waals surface area contributed by atoms with E-state index >= 15 is 0 Å². The second kappa shape index (κ2) is 3.40. The maximum atomic E-state index is 12.6. The van der Waals surface area contributed by atoms with Crippen LogP contribution in [0.15, 0.2) is 24.4 Å². The van der Waals surface area contributed by atoms with Crippen LogP contribution in [0.5, 0.6) is 0 Å². The predicted octanol–water partition coefficient (Wildman–Crippen LogP) is 2.77. The largest absolute Gasteiger partial charge is 0.506 e. The fourth-order valence-electron chi connectivity index (χ4n) is 1.69. The van der Waals surface area contributed by atoms with E-state index in [1.807, 2.05) is 0 Å². The molecule has 0 N–H and O–H groups in total. The van der Waals surface area contributed by atoms with E-state index in [0.717, 1.165) is 17.6 Å². The van der Waals surface area contributed by atoms with Gasteiger partial charge in [-0.05, 0) is 26.0 Å². The molecule has 0 aliphatic carbocycles. The van der Waals surface area contributed by atoms with Crippen molar-refractivity contribution in [2.75, 3.05) is 0 Å². The van der Waals surface area contributed by atoms with Crippen LogP contribution in [-0.4, -0.2) is 14.3 Å². The first kappa shape index (κ1) is 10.8. The van der Waals surface area contributed by atoms with Crippen LogP contribution < -0.4 is 0 Å². The van der Waals surface area contributed by atoms with Gasteiger partial charge in [0.05, 0.1) is 6.20 Å². The van der Waals surface area contributed by atoms with Crippen molar-refractivity contribution >= 4 is 0 Å². The van der Waals surface area contributed by atoms with Crippen molar-refractivity contribution in [2.24, 2.45) is 0 Å². The summed E-state index contributed by atoms with van der Waals surface area (Å²) in [5, 5.41) is 3.30. The highest BCUT2D eigenvalue weighted by Gasteiger charge is 2.34. The lowest BCUT2D eigenvalue weighted by Gasteiger charge is -2.14. The Morgan fingerprint density at radius 3 is 2.12 bits per heavy atom. The first-order valence-electron chi connectivity index (χ1n) is 4.68. The van der Waals surface area contributed by atoms with Gasteiger partial charge in [-0.25, -0.2) is 0 Å². The lowest BCUT2D eigenvalue weighted by molar-refractivity contribution is -0.212. The van der Waals surface area contributed by atoms with Crippen molar-refractivity contribution < 1.29 is 13.2 Å². The van der Waals surface area contributed by atoms with Gasteiger partial charge in [-0.3, -0.25) is 0 Å². The third kappa shape index (κ3) is 1.60. The summed E-state index contributed by atoms with van der Waals surface area (Å²) in [7, 11) is 0. The molecular weight excluding hydrogens is 219 g/mol. The van der Waals surface area contributed by atoms with Crippen LogP contribution in [0.25, 0.3) is 5.82 Å². The highest BCUT2D eigenvalue weighted by atomic mass is 19.4. The molecule has 0 atom stereocenters. The fraction of sp³-hybridized carbons (Fsp3) is 0.300. The van der Waals surface area contributed by atoms with Crippen molar-refractivity contribution in [3.05, 3.63) is 35.8 Å². The molecule has 0 bridgehead atoms. The number of hydrogen-bond acceptors (Lipinski definition) is 1. The Kier molecular flexibility index (Phi) is 2.29. The molecule has 2 rings (SSSR count). The van der Waals surface area contributed by atoms with Gasteiger partial charge in [0.15, 0.2) is 0 Å². The van der Waals surface area contributed by atoms with Crippen LogP contribution in [0, 0.1) is 13.8 Å². The van der Waals surface area contributed by atoms with E-state index in [0.29, 0.717) is 0 Å². The molecule has 2 aromatic rings. The van der Waals surface area contributed by atoms with Gasteiger partial charge in [0, 0.05) is 17.5 Å². The number of nitrogens with zero attached hydrogens (tertiary/aromatic N) is 3. The molecule has 2 aromatic heterocycles. The van der Waals surface area contributed by atoms with Crippen LogP contribution in [0.3, 0.4) is 0 Å². The Hall–Kier alpha value is -1.72. The van der Waals surface area contributed by atoms with Crippen LogP contribution in [0.1, 0.15) is 11.4 Å². The van der Waals surface area contributed by atoms with Gasteiger partial charge in [0.25, 0.3) is 0 Å². The van der Waals surface area contributed by atoms with E-state index < -0.39 is 6.30 Å². The quantitative estimate of drug-likeness (QED) is 0.737. The van der Waals surface area contributed by atoms with E-state index in [1.165, 1.54) is 10.6 Å². The summed E-state index contributed by atoms with van der Waals surface area (Å²) in [6, 6.07) is 4.87. The number of rotatable bonds is 1. The lowest BCUT2D eigenvalue weighted by Crippen LogP contribution is -2.22. The van der Waals surface area contributed by atoms with Crippen molar-refractivity contribution in [3.63, 3.8) is 0 Å². The normalized spacial score (nSPS) is 12.1. The molecule has 2 heterocycles. The Morgan fingerprint density at radius 2 is 1.62 bits per heavy atom. The number of aromatic nitrogens is 3. The van der Waals surface area contributed by atoms with Gasteiger partial charge in [0.2, 0.25) is 0 Å². The minimum Gasteiger partial charge on any atom is -0.303 e. The molecule has 16 heavy (non-hydrogen) atoms. The van der Waals surface area contributed by atoms with E-state index in [2.05, 4.69) is 5.10 Å². The summed E-state index contributed by atoms with van der Waals surface area (Å²) in [6.45, 7) is 3.50. The van der Waals surface area contributed by atoms with Crippen molar-refractivity contribution in [1.29, 1.82) is 0 Å². The van der Waals surface area contributed by atoms with E-state index in [-0.39, 0.29) is 10.5 Å². The van der Waals surface area contributed by atoms with E-state index in [4.69, 9.17) is 0 Å². The van der Waals surface area contributed by atoms with Gasteiger partial charge in [0.1, 0.15) is 5.82 Å². The van der Waals surface area contributed by atoms with Gasteiger partial charge in [-0.1, -0.05) is 0 Å². The minimum absolute atomic E-state index is 0.00694. The fourth-order valence-corrected chi connectivity index (χ4v) is 1.69. The Balaban J connectivity index is 2.62. The van der Waals surface area contributed by atoms with E-state index in [9.17, 15) is 13.2 Å². The molecule has 0 fully saturated rings. The number of alkyl halides is 3. The molecule has 0 saturated carbocycles. The SMILES string of the molecule is Cc1ccc(C)n1-c1ccnn1C(F)(F)F. The van der Waals surface area contributed by atoms with Crippen molar-refractivity contribution in [1.82, 2.24) is 14.3 Å². The molecule has 0 aromatic carbocycles. The van der Waals surface area contributed by atoms with Crippen LogP contribution in [-0.2, 0) is 6.30 Å². The van der Waals surface area contributed by atoms with Crippen LogP contribution >= 0.6 is 0 Å². The number of halogens is 3. The van der Waals surface area contributed by atoms with Crippen LogP contribution in [0.4, 0.5) is 13.2 Å². The molecule has 0 amide bonds. The average Bonchev–Trinajstić information content (AvgIpc) is 2.72. The molecular formula is C10H10F3N3. The molecule has 0 aliphatic heterocycles. The lowest BCUT2D eigenvalue weighted by atomic mass is 10.5. The summed E-state index contributed by atoms with van der Waals surface area (Å²) in [5.74, 6) is 0.00694.